The lowest BCUT2D eigenvalue weighted by Crippen LogP contribution is -2.17. The molecule has 0 radical (unpaired) electrons. The van der Waals surface area contributed by atoms with Crippen molar-refractivity contribution in [2.45, 2.75) is 46.0 Å². The van der Waals surface area contributed by atoms with Crippen molar-refractivity contribution in [1.29, 1.82) is 0 Å². The first-order chi connectivity index (χ1) is 13.8. The molecule has 0 spiro atoms. The lowest BCUT2D eigenvalue weighted by atomic mass is 9.84. The summed E-state index contributed by atoms with van der Waals surface area (Å²) in [7, 11) is 0. The van der Waals surface area contributed by atoms with Gasteiger partial charge in [0.15, 0.2) is 0 Å². The van der Waals surface area contributed by atoms with E-state index in [-0.39, 0.29) is 23.8 Å². The summed E-state index contributed by atoms with van der Waals surface area (Å²) in [5.41, 5.74) is 16.9. The molecule has 0 fully saturated rings. The number of amides is 1. The highest BCUT2D eigenvalue weighted by molar-refractivity contribution is 6.29. The molecule has 0 saturated heterocycles. The summed E-state index contributed by atoms with van der Waals surface area (Å²) in [6.07, 6.45) is 3.02. The molecular weight excluding hydrogens is 360 g/mol. The van der Waals surface area contributed by atoms with Gasteiger partial charge >= 0.3 is 0 Å². The Labute approximate surface area is 173 Å². The number of hydrogen-bond donors (Lipinski definition) is 2. The quantitative estimate of drug-likeness (QED) is 0.595. The first-order valence-corrected chi connectivity index (χ1v) is 9.97. The molecule has 0 aliphatic heterocycles. The minimum atomic E-state index is -0.364. The van der Waals surface area contributed by atoms with Gasteiger partial charge < -0.3 is 11.5 Å². The number of primary amides is 1. The molecule has 0 atom stereocenters. The molecule has 0 aromatic heterocycles. The van der Waals surface area contributed by atoms with Crippen LogP contribution in [0.2, 0.25) is 0 Å². The Hall–Kier alpha value is -3.14. The topological polar surface area (TPSA) is 86.2 Å². The summed E-state index contributed by atoms with van der Waals surface area (Å²) in [4.78, 5) is 24.5. The van der Waals surface area contributed by atoms with Crippen LogP contribution in [-0.4, -0.2) is 11.7 Å². The van der Waals surface area contributed by atoms with Crippen LogP contribution in [0.4, 0.5) is 0 Å². The van der Waals surface area contributed by atoms with Crippen LogP contribution in [0.1, 0.15) is 48.4 Å². The number of aryl methyl sites for hydroxylation is 3. The summed E-state index contributed by atoms with van der Waals surface area (Å²) in [5, 5.41) is 0. The van der Waals surface area contributed by atoms with Gasteiger partial charge in [-0.2, -0.15) is 0 Å². The molecule has 1 amide bonds. The van der Waals surface area contributed by atoms with E-state index in [1.165, 1.54) is 5.56 Å². The molecule has 0 heterocycles. The number of carbonyl (C=O) groups is 2. The van der Waals surface area contributed by atoms with Crippen LogP contribution in [0.15, 0.2) is 66.4 Å². The number of Topliss-reactive ketones (excluding diaryl/α,β-unsaturated/α-hetero) is 1. The van der Waals surface area contributed by atoms with Crippen LogP contribution >= 0.6 is 0 Å². The van der Waals surface area contributed by atoms with E-state index in [1.54, 1.807) is 0 Å². The predicted octanol–water partition coefficient (Wildman–Crippen LogP) is 4.25. The first-order valence-electron chi connectivity index (χ1n) is 9.97. The van der Waals surface area contributed by atoms with Crippen molar-refractivity contribution in [3.63, 3.8) is 0 Å². The van der Waals surface area contributed by atoms with Gasteiger partial charge in [0, 0.05) is 12.0 Å². The van der Waals surface area contributed by atoms with E-state index in [9.17, 15) is 9.59 Å². The number of hydrogen-bond acceptors (Lipinski definition) is 3. The summed E-state index contributed by atoms with van der Waals surface area (Å²) in [6, 6.07) is 16.0. The van der Waals surface area contributed by atoms with Crippen molar-refractivity contribution in [1.82, 2.24) is 0 Å². The van der Waals surface area contributed by atoms with Gasteiger partial charge in [0.1, 0.15) is 0 Å². The fourth-order valence-corrected chi connectivity index (χ4v) is 3.58. The average molecular weight is 391 g/mol. The highest BCUT2D eigenvalue weighted by atomic mass is 16.1. The van der Waals surface area contributed by atoms with E-state index in [0.717, 1.165) is 41.5 Å². The van der Waals surface area contributed by atoms with E-state index >= 15 is 0 Å². The minimum Gasteiger partial charge on any atom is -0.396 e. The van der Waals surface area contributed by atoms with Crippen molar-refractivity contribution in [3.8, 4) is 0 Å². The van der Waals surface area contributed by atoms with Crippen LogP contribution in [0.3, 0.4) is 0 Å². The van der Waals surface area contributed by atoms with Gasteiger partial charge in [-0.05, 0) is 54.9 Å². The summed E-state index contributed by atoms with van der Waals surface area (Å²) in [5.74, 6) is -0.609. The molecule has 0 bridgehead atoms. The van der Waals surface area contributed by atoms with Gasteiger partial charge in [0.2, 0.25) is 11.7 Å². The summed E-state index contributed by atoms with van der Waals surface area (Å²) >= 11 is 0. The number of carbonyl (C=O) groups excluding carboxylic acids is 2. The van der Waals surface area contributed by atoms with Gasteiger partial charge in [-0.1, -0.05) is 67.6 Å². The fraction of sp³-hybridized carbons (Fsp3) is 0.280. The standard InChI is InChI=1S/C25H30N2O2/c1-4-20(14-13-19-10-6-5-7-11-19)24(25(29)18(3)26)23-17(2)9-8-12-21(23)15-16-22(27)28/h5-12H,3-4,13-16,26H2,1-2H3,(H2,27,28)/b24-20+. The third-order valence-electron chi connectivity index (χ3n) is 5.11. The second kappa shape index (κ2) is 10.4. The maximum Gasteiger partial charge on any atom is 0.217 e. The van der Waals surface area contributed by atoms with Crippen molar-refractivity contribution in [2.24, 2.45) is 11.5 Å². The monoisotopic (exact) mass is 390 g/mol. The molecule has 4 N–H and O–H groups in total. The van der Waals surface area contributed by atoms with Gasteiger partial charge in [0.25, 0.3) is 0 Å². The molecule has 2 aromatic rings. The Morgan fingerprint density at radius 1 is 0.931 bits per heavy atom. The number of ketones is 1. The Bertz CT molecular complexity index is 927. The van der Waals surface area contributed by atoms with Gasteiger partial charge in [0.05, 0.1) is 5.70 Å². The number of benzene rings is 2. The third-order valence-corrected chi connectivity index (χ3v) is 5.11. The van der Waals surface area contributed by atoms with Crippen LogP contribution < -0.4 is 11.5 Å². The molecule has 29 heavy (non-hydrogen) atoms. The fourth-order valence-electron chi connectivity index (χ4n) is 3.58. The van der Waals surface area contributed by atoms with E-state index in [4.69, 9.17) is 11.5 Å². The Balaban J connectivity index is 2.57. The second-order valence-electron chi connectivity index (χ2n) is 7.25. The highest BCUT2D eigenvalue weighted by Gasteiger charge is 2.22. The van der Waals surface area contributed by atoms with E-state index < -0.39 is 0 Å². The second-order valence-corrected chi connectivity index (χ2v) is 7.25. The van der Waals surface area contributed by atoms with Crippen LogP contribution in [-0.2, 0) is 22.4 Å². The van der Waals surface area contributed by atoms with Gasteiger partial charge in [-0.3, -0.25) is 9.59 Å². The third kappa shape index (κ3) is 5.92. The van der Waals surface area contributed by atoms with Crippen molar-refractivity contribution in [3.05, 3.63) is 88.6 Å². The zero-order valence-corrected chi connectivity index (χ0v) is 17.3. The molecule has 2 aromatic carbocycles. The van der Waals surface area contributed by atoms with Crippen molar-refractivity contribution < 1.29 is 9.59 Å². The number of rotatable bonds is 10. The van der Waals surface area contributed by atoms with E-state index in [0.29, 0.717) is 12.0 Å². The number of allylic oxidation sites excluding steroid dienone is 2. The molecule has 152 valence electrons. The van der Waals surface area contributed by atoms with Crippen LogP contribution in [0.25, 0.3) is 5.57 Å². The Kier molecular flexibility index (Phi) is 7.96. The van der Waals surface area contributed by atoms with Gasteiger partial charge in [-0.25, -0.2) is 0 Å². The van der Waals surface area contributed by atoms with E-state index in [1.807, 2.05) is 50.2 Å². The first kappa shape index (κ1) is 22.2. The zero-order valence-electron chi connectivity index (χ0n) is 17.3. The van der Waals surface area contributed by atoms with Gasteiger partial charge in [-0.15, -0.1) is 0 Å². The molecule has 0 unspecified atom stereocenters. The van der Waals surface area contributed by atoms with Crippen LogP contribution in [0, 0.1) is 6.92 Å². The smallest absolute Gasteiger partial charge is 0.217 e. The van der Waals surface area contributed by atoms with Crippen molar-refractivity contribution >= 4 is 17.3 Å². The molecule has 0 saturated carbocycles. The normalized spacial score (nSPS) is 11.7. The maximum atomic E-state index is 13.1. The maximum absolute atomic E-state index is 13.1. The Morgan fingerprint density at radius 3 is 2.21 bits per heavy atom. The molecule has 4 nitrogen and oxygen atoms in total. The largest absolute Gasteiger partial charge is 0.396 e. The molecular formula is C25H30N2O2. The summed E-state index contributed by atoms with van der Waals surface area (Å²) in [6.45, 7) is 7.71. The zero-order chi connectivity index (χ0) is 21.4. The number of nitrogens with two attached hydrogens (primary N) is 2. The molecule has 0 aliphatic carbocycles. The predicted molar refractivity (Wildman–Crippen MR) is 119 cm³/mol. The highest BCUT2D eigenvalue weighted by Crippen LogP contribution is 2.32. The summed E-state index contributed by atoms with van der Waals surface area (Å²) < 4.78 is 0. The molecule has 0 aliphatic rings. The molecule has 4 heteroatoms. The Morgan fingerprint density at radius 2 is 1.62 bits per heavy atom. The SMILES string of the molecule is C=C(N)C(=O)/C(=C(\CC)CCc1ccccc1)c1c(C)cccc1CCC(N)=O. The van der Waals surface area contributed by atoms with Crippen LogP contribution in [0.5, 0.6) is 0 Å². The van der Waals surface area contributed by atoms with E-state index in [2.05, 4.69) is 18.7 Å². The molecule has 2 rings (SSSR count). The minimum absolute atomic E-state index is 0.0229. The van der Waals surface area contributed by atoms with Crippen molar-refractivity contribution in [2.75, 3.05) is 0 Å². The lowest BCUT2D eigenvalue weighted by molar-refractivity contribution is -0.118. The lowest BCUT2D eigenvalue weighted by Gasteiger charge is -2.19. The average Bonchev–Trinajstić information content (AvgIpc) is 2.70.